The van der Waals surface area contributed by atoms with Crippen LogP contribution in [0.4, 0.5) is 0 Å². The molecule has 18 heavy (non-hydrogen) atoms. The maximum absolute atomic E-state index is 11.5. The molecule has 0 aliphatic carbocycles. The normalized spacial score (nSPS) is 11.8. The lowest BCUT2D eigenvalue weighted by Gasteiger charge is -2.17. The average molecular weight is 247 g/mol. The molecule has 0 atom stereocenters. The Morgan fingerprint density at radius 3 is 2.39 bits per heavy atom. The highest BCUT2D eigenvalue weighted by Crippen LogP contribution is 2.09. The molecule has 1 rings (SSSR count). The lowest BCUT2D eigenvalue weighted by molar-refractivity contribution is -0.148. The zero-order valence-corrected chi connectivity index (χ0v) is 11.5. The molecule has 0 unspecified atom stereocenters. The average Bonchev–Trinajstić information content (AvgIpc) is 2.26. The van der Waals surface area contributed by atoms with Crippen LogP contribution in [0.1, 0.15) is 31.9 Å². The van der Waals surface area contributed by atoms with Crippen molar-refractivity contribution in [3.05, 3.63) is 41.5 Å². The lowest BCUT2D eigenvalue weighted by Crippen LogP contribution is -2.22. The molecule has 0 radical (unpaired) electrons. The second-order valence-electron chi connectivity index (χ2n) is 5.14. The van der Waals surface area contributed by atoms with Crippen LogP contribution in [-0.4, -0.2) is 18.6 Å². The summed E-state index contributed by atoms with van der Waals surface area (Å²) >= 11 is 0. The topological polar surface area (TPSA) is 38.3 Å². The summed E-state index contributed by atoms with van der Waals surface area (Å²) in [5, 5.41) is 3.09. The van der Waals surface area contributed by atoms with Crippen LogP contribution in [0.2, 0.25) is 0 Å². The van der Waals surface area contributed by atoms with Gasteiger partial charge in [0.2, 0.25) is 0 Å². The van der Waals surface area contributed by atoms with E-state index >= 15 is 0 Å². The molecule has 3 heteroatoms. The van der Waals surface area contributed by atoms with Gasteiger partial charge in [0.15, 0.2) is 0 Å². The Kier molecular flexibility index (Phi) is 5.10. The van der Waals surface area contributed by atoms with Crippen molar-refractivity contribution >= 4 is 12.0 Å². The Labute approximate surface area is 109 Å². The largest absolute Gasteiger partial charge is 0.457 e. The fourth-order valence-electron chi connectivity index (χ4n) is 1.45. The van der Waals surface area contributed by atoms with E-state index in [1.54, 1.807) is 6.08 Å². The molecule has 0 aliphatic rings. The maximum Gasteiger partial charge on any atom is 0.331 e. The number of ether oxygens (including phenoxy) is 1. The Morgan fingerprint density at radius 1 is 1.28 bits per heavy atom. The molecule has 0 saturated heterocycles. The lowest BCUT2D eigenvalue weighted by atomic mass is 10.1. The van der Waals surface area contributed by atoms with Gasteiger partial charge in [-0.15, -0.1) is 0 Å². The van der Waals surface area contributed by atoms with Gasteiger partial charge in [-0.05, 0) is 45.0 Å². The third-order valence-corrected chi connectivity index (χ3v) is 2.18. The van der Waals surface area contributed by atoms with Crippen molar-refractivity contribution in [1.29, 1.82) is 0 Å². The summed E-state index contributed by atoms with van der Waals surface area (Å²) in [4.78, 5) is 11.5. The van der Waals surface area contributed by atoms with Crippen molar-refractivity contribution in [1.82, 2.24) is 5.32 Å². The highest BCUT2D eigenvalue weighted by Gasteiger charge is 2.13. The number of esters is 1. The third-order valence-electron chi connectivity index (χ3n) is 2.18. The number of carbonyl (C=O) groups excluding carboxylic acids is 1. The molecule has 0 heterocycles. The minimum atomic E-state index is -0.446. The number of nitrogens with one attached hydrogen (secondary N) is 1. The Balaban J connectivity index is 2.59. The van der Waals surface area contributed by atoms with Crippen molar-refractivity contribution in [2.75, 3.05) is 7.05 Å². The maximum atomic E-state index is 11.5. The van der Waals surface area contributed by atoms with Crippen LogP contribution in [0, 0.1) is 0 Å². The van der Waals surface area contributed by atoms with Crippen LogP contribution in [0.5, 0.6) is 0 Å². The van der Waals surface area contributed by atoms with E-state index in [1.165, 1.54) is 11.6 Å². The molecule has 0 aliphatic heterocycles. The highest BCUT2D eigenvalue weighted by molar-refractivity contribution is 5.87. The van der Waals surface area contributed by atoms with E-state index in [2.05, 4.69) is 5.32 Å². The van der Waals surface area contributed by atoms with Gasteiger partial charge in [-0.3, -0.25) is 0 Å². The van der Waals surface area contributed by atoms with Gasteiger partial charge in [-0.1, -0.05) is 24.3 Å². The van der Waals surface area contributed by atoms with Crippen molar-refractivity contribution < 1.29 is 9.53 Å². The number of hydrogen-bond acceptors (Lipinski definition) is 3. The van der Waals surface area contributed by atoms with Crippen LogP contribution in [0.15, 0.2) is 30.3 Å². The first-order valence-electron chi connectivity index (χ1n) is 6.05. The van der Waals surface area contributed by atoms with Crippen LogP contribution in [0.25, 0.3) is 6.08 Å². The van der Waals surface area contributed by atoms with Gasteiger partial charge in [-0.2, -0.15) is 0 Å². The van der Waals surface area contributed by atoms with Gasteiger partial charge in [0.25, 0.3) is 0 Å². The zero-order valence-electron chi connectivity index (χ0n) is 11.5. The van der Waals surface area contributed by atoms with Crippen molar-refractivity contribution in [3.63, 3.8) is 0 Å². The molecular formula is C15H21NO2. The standard InChI is InChI=1S/C15H21NO2/c1-15(2,3)18-14(17)10-9-12-5-7-13(8-6-12)11-16-4/h5-10,16H,11H2,1-4H3/b10-9+. The fourth-order valence-corrected chi connectivity index (χ4v) is 1.45. The molecule has 0 spiro atoms. The predicted octanol–water partition coefficient (Wildman–Crippen LogP) is 2.76. The molecule has 0 aromatic heterocycles. The summed E-state index contributed by atoms with van der Waals surface area (Å²) in [6.45, 7) is 6.40. The molecule has 0 fully saturated rings. The van der Waals surface area contributed by atoms with Crippen LogP contribution >= 0.6 is 0 Å². The molecule has 0 bridgehead atoms. The second-order valence-corrected chi connectivity index (χ2v) is 5.14. The first-order valence-corrected chi connectivity index (χ1v) is 6.05. The summed E-state index contributed by atoms with van der Waals surface area (Å²) < 4.78 is 5.19. The number of rotatable bonds is 4. The van der Waals surface area contributed by atoms with E-state index in [0.29, 0.717) is 0 Å². The number of carbonyl (C=O) groups is 1. The number of hydrogen-bond donors (Lipinski definition) is 1. The van der Waals surface area contributed by atoms with E-state index in [-0.39, 0.29) is 5.97 Å². The van der Waals surface area contributed by atoms with Crippen LogP contribution < -0.4 is 5.32 Å². The summed E-state index contributed by atoms with van der Waals surface area (Å²) in [7, 11) is 1.91. The van der Waals surface area contributed by atoms with Gasteiger partial charge < -0.3 is 10.1 Å². The number of benzene rings is 1. The molecule has 3 nitrogen and oxygen atoms in total. The summed E-state index contributed by atoms with van der Waals surface area (Å²) in [6, 6.07) is 8.03. The fraction of sp³-hybridized carbons (Fsp3) is 0.400. The Morgan fingerprint density at radius 2 is 1.89 bits per heavy atom. The van der Waals surface area contributed by atoms with Gasteiger partial charge in [0, 0.05) is 12.6 Å². The zero-order chi connectivity index (χ0) is 13.6. The predicted molar refractivity (Wildman–Crippen MR) is 74.1 cm³/mol. The Hall–Kier alpha value is -1.61. The minimum Gasteiger partial charge on any atom is -0.457 e. The summed E-state index contributed by atoms with van der Waals surface area (Å²) in [5.41, 5.74) is 1.76. The molecule has 0 saturated carbocycles. The third kappa shape index (κ3) is 5.64. The van der Waals surface area contributed by atoms with E-state index < -0.39 is 5.60 Å². The summed E-state index contributed by atoms with van der Waals surface area (Å²) in [5.74, 6) is -0.318. The van der Waals surface area contributed by atoms with Gasteiger partial charge in [-0.25, -0.2) is 4.79 Å². The molecule has 1 aromatic carbocycles. The van der Waals surface area contributed by atoms with E-state index in [1.807, 2.05) is 52.1 Å². The monoisotopic (exact) mass is 247 g/mol. The highest BCUT2D eigenvalue weighted by atomic mass is 16.6. The van der Waals surface area contributed by atoms with Crippen LogP contribution in [-0.2, 0) is 16.1 Å². The van der Waals surface area contributed by atoms with Gasteiger partial charge in [0.1, 0.15) is 5.60 Å². The van der Waals surface area contributed by atoms with Crippen molar-refractivity contribution in [2.24, 2.45) is 0 Å². The Bertz CT molecular complexity index is 413. The SMILES string of the molecule is CNCc1ccc(/C=C/C(=O)OC(C)(C)C)cc1. The quantitative estimate of drug-likeness (QED) is 0.656. The van der Waals surface area contributed by atoms with Crippen molar-refractivity contribution in [3.8, 4) is 0 Å². The molecule has 1 N–H and O–H groups in total. The van der Waals surface area contributed by atoms with Crippen LogP contribution in [0.3, 0.4) is 0 Å². The van der Waals surface area contributed by atoms with Gasteiger partial charge in [0.05, 0.1) is 0 Å². The summed E-state index contributed by atoms with van der Waals surface area (Å²) in [6.07, 6.45) is 3.22. The molecule has 0 amide bonds. The molecule has 1 aromatic rings. The molecular weight excluding hydrogens is 226 g/mol. The second kappa shape index (κ2) is 6.36. The van der Waals surface area contributed by atoms with E-state index in [4.69, 9.17) is 4.74 Å². The first kappa shape index (κ1) is 14.5. The van der Waals surface area contributed by atoms with Crippen molar-refractivity contribution in [2.45, 2.75) is 32.9 Å². The minimum absolute atomic E-state index is 0.318. The van der Waals surface area contributed by atoms with E-state index in [0.717, 1.165) is 12.1 Å². The van der Waals surface area contributed by atoms with Gasteiger partial charge >= 0.3 is 5.97 Å². The van der Waals surface area contributed by atoms with E-state index in [9.17, 15) is 4.79 Å². The molecule has 98 valence electrons. The first-order chi connectivity index (χ1) is 8.40. The smallest absolute Gasteiger partial charge is 0.331 e.